The van der Waals surface area contributed by atoms with Crippen LogP contribution in [0.2, 0.25) is 0 Å². The Morgan fingerprint density at radius 2 is 1.78 bits per heavy atom. The lowest BCUT2D eigenvalue weighted by Crippen LogP contribution is -2.72. The first-order valence-corrected chi connectivity index (χ1v) is 13.2. The first kappa shape index (κ1) is 25.0. The van der Waals surface area contributed by atoms with E-state index in [4.69, 9.17) is 15.7 Å². The molecular weight excluding hydrogens is 521 g/mol. The van der Waals surface area contributed by atoms with Crippen molar-refractivity contribution in [1.82, 2.24) is 39.3 Å². The number of hydrogen-bond acceptors (Lipinski definition) is 8. The number of pyridine rings is 2. The van der Waals surface area contributed by atoms with Gasteiger partial charge in [0.05, 0.1) is 23.7 Å². The second kappa shape index (κ2) is 9.56. The zero-order valence-corrected chi connectivity index (χ0v) is 22.1. The SMILES string of the molecule is C=CC(=O)N1CC2(CN(Cc3ccc(-n4c(-c5cccnc5N)nc5ncc(-c6ccc(F)cn6)nc54)cc3)C2)C1. The Kier molecular flexibility index (Phi) is 5.82. The Hall–Kier alpha value is -5.03. The number of imidazole rings is 1. The second-order valence-electron chi connectivity index (χ2n) is 10.7. The molecule has 7 rings (SSSR count). The summed E-state index contributed by atoms with van der Waals surface area (Å²) >= 11 is 0. The molecule has 2 aliphatic heterocycles. The summed E-state index contributed by atoms with van der Waals surface area (Å²) in [6.07, 6.45) is 5.75. The molecule has 10 nitrogen and oxygen atoms in total. The first-order chi connectivity index (χ1) is 19.9. The molecule has 0 bridgehead atoms. The van der Waals surface area contributed by atoms with Crippen molar-refractivity contribution in [2.24, 2.45) is 5.41 Å². The number of likely N-dealkylation sites (tertiary alicyclic amines) is 2. The zero-order valence-electron chi connectivity index (χ0n) is 22.1. The van der Waals surface area contributed by atoms with E-state index in [1.807, 2.05) is 33.7 Å². The minimum absolute atomic E-state index is 0.00911. The summed E-state index contributed by atoms with van der Waals surface area (Å²) < 4.78 is 15.4. The smallest absolute Gasteiger partial charge is 0.245 e. The molecule has 1 amide bonds. The largest absolute Gasteiger partial charge is 0.383 e. The summed E-state index contributed by atoms with van der Waals surface area (Å²) in [5, 5.41) is 0. The number of fused-ring (bicyclic) bond motifs is 1. The van der Waals surface area contributed by atoms with Gasteiger partial charge in [-0.05, 0) is 48.0 Å². The number of halogens is 1. The molecule has 4 aromatic heterocycles. The van der Waals surface area contributed by atoms with Gasteiger partial charge in [0.15, 0.2) is 17.1 Å². The normalized spacial score (nSPS) is 16.0. The van der Waals surface area contributed by atoms with Gasteiger partial charge in [-0.1, -0.05) is 18.7 Å². The fourth-order valence-corrected chi connectivity index (χ4v) is 5.81. The topological polar surface area (TPSA) is 119 Å². The predicted octanol–water partition coefficient (Wildman–Crippen LogP) is 3.49. The van der Waals surface area contributed by atoms with E-state index >= 15 is 0 Å². The molecule has 1 spiro atoms. The minimum Gasteiger partial charge on any atom is -0.383 e. The van der Waals surface area contributed by atoms with Crippen LogP contribution in [-0.2, 0) is 11.3 Å². The molecule has 2 saturated heterocycles. The third-order valence-electron chi connectivity index (χ3n) is 7.70. The molecule has 0 saturated carbocycles. The molecule has 5 aromatic rings. The van der Waals surface area contributed by atoms with Gasteiger partial charge in [-0.25, -0.2) is 24.3 Å². The van der Waals surface area contributed by atoms with E-state index in [9.17, 15) is 9.18 Å². The molecule has 6 heterocycles. The molecule has 0 aliphatic carbocycles. The quantitative estimate of drug-likeness (QED) is 0.321. The van der Waals surface area contributed by atoms with E-state index in [-0.39, 0.29) is 11.3 Å². The highest BCUT2D eigenvalue weighted by molar-refractivity contribution is 5.87. The van der Waals surface area contributed by atoms with Crippen LogP contribution in [-0.4, -0.2) is 71.4 Å². The summed E-state index contributed by atoms with van der Waals surface area (Å²) in [5.41, 5.74) is 11.1. The van der Waals surface area contributed by atoms with Crippen molar-refractivity contribution in [1.29, 1.82) is 0 Å². The zero-order chi connectivity index (χ0) is 28.1. The highest BCUT2D eigenvalue weighted by atomic mass is 19.1. The number of carbonyl (C=O) groups excluding carboxylic acids is 1. The number of nitrogens with two attached hydrogens (primary N) is 1. The average Bonchev–Trinajstić information content (AvgIpc) is 3.32. The molecule has 41 heavy (non-hydrogen) atoms. The van der Waals surface area contributed by atoms with E-state index < -0.39 is 5.82 Å². The minimum atomic E-state index is -0.423. The second-order valence-corrected chi connectivity index (χ2v) is 10.7. The lowest BCUT2D eigenvalue weighted by molar-refractivity contribution is -0.154. The van der Waals surface area contributed by atoms with E-state index in [1.54, 1.807) is 18.5 Å². The van der Waals surface area contributed by atoms with E-state index in [0.29, 0.717) is 39.9 Å². The number of rotatable bonds is 6. The first-order valence-electron chi connectivity index (χ1n) is 13.2. The number of aromatic nitrogens is 6. The van der Waals surface area contributed by atoms with E-state index in [2.05, 4.69) is 38.6 Å². The number of nitrogens with zero attached hydrogens (tertiary/aromatic N) is 8. The molecule has 204 valence electrons. The standard InChI is InChI=1S/C30H26FN9O/c1-2-25(41)39-17-30(18-39)15-38(16-30)14-19-5-8-21(9-6-19)40-28(22-4-3-11-33-26(22)32)37-27-29(40)36-24(13-35-27)23-10-7-20(31)12-34-23/h2-13H,1,14-18H2,(H2,32,33). The van der Waals surface area contributed by atoms with Crippen molar-refractivity contribution in [2.45, 2.75) is 6.54 Å². The Bertz CT molecular complexity index is 1790. The van der Waals surface area contributed by atoms with Crippen LogP contribution in [0.25, 0.3) is 39.8 Å². The molecule has 11 heteroatoms. The third-order valence-corrected chi connectivity index (χ3v) is 7.70. The van der Waals surface area contributed by atoms with Crippen LogP contribution in [0.5, 0.6) is 0 Å². The monoisotopic (exact) mass is 547 g/mol. The maximum absolute atomic E-state index is 13.5. The maximum Gasteiger partial charge on any atom is 0.245 e. The Morgan fingerprint density at radius 3 is 2.49 bits per heavy atom. The van der Waals surface area contributed by atoms with Crippen LogP contribution in [0.1, 0.15) is 5.56 Å². The van der Waals surface area contributed by atoms with Crippen molar-refractivity contribution in [2.75, 3.05) is 31.9 Å². The van der Waals surface area contributed by atoms with Crippen LogP contribution >= 0.6 is 0 Å². The summed E-state index contributed by atoms with van der Waals surface area (Å²) in [4.78, 5) is 38.6. The molecule has 0 radical (unpaired) electrons. The molecule has 2 aliphatic rings. The predicted molar refractivity (Wildman–Crippen MR) is 152 cm³/mol. The van der Waals surface area contributed by atoms with Crippen LogP contribution < -0.4 is 5.73 Å². The van der Waals surface area contributed by atoms with Crippen molar-refractivity contribution >= 4 is 23.0 Å². The number of amides is 1. The van der Waals surface area contributed by atoms with Crippen LogP contribution in [0.15, 0.2) is 79.8 Å². The molecule has 2 fully saturated rings. The molecule has 1 aromatic carbocycles. The van der Waals surface area contributed by atoms with Gasteiger partial charge in [-0.3, -0.25) is 19.2 Å². The van der Waals surface area contributed by atoms with Crippen molar-refractivity contribution in [3.8, 4) is 28.5 Å². The van der Waals surface area contributed by atoms with Gasteiger partial charge in [0.2, 0.25) is 5.91 Å². The Labute approximate surface area is 235 Å². The number of carbonyl (C=O) groups is 1. The summed E-state index contributed by atoms with van der Waals surface area (Å²) in [6.45, 7) is 7.96. The van der Waals surface area contributed by atoms with Gasteiger partial charge in [-0.15, -0.1) is 0 Å². The summed E-state index contributed by atoms with van der Waals surface area (Å²) in [6, 6.07) is 14.8. The lowest BCUT2D eigenvalue weighted by Gasteiger charge is -2.60. The number of nitrogen functional groups attached to an aromatic ring is 1. The van der Waals surface area contributed by atoms with Gasteiger partial charge < -0.3 is 10.6 Å². The number of hydrogen-bond donors (Lipinski definition) is 1. The van der Waals surface area contributed by atoms with Gasteiger partial charge in [-0.2, -0.15) is 0 Å². The Morgan fingerprint density at radius 1 is 0.976 bits per heavy atom. The van der Waals surface area contributed by atoms with Crippen LogP contribution in [0.3, 0.4) is 0 Å². The molecule has 0 atom stereocenters. The van der Waals surface area contributed by atoms with Crippen molar-refractivity contribution < 1.29 is 9.18 Å². The van der Waals surface area contributed by atoms with Gasteiger partial charge in [0, 0.05) is 50.0 Å². The maximum atomic E-state index is 13.5. The summed E-state index contributed by atoms with van der Waals surface area (Å²) in [7, 11) is 0. The van der Waals surface area contributed by atoms with Crippen LogP contribution in [0.4, 0.5) is 10.2 Å². The molecule has 2 N–H and O–H groups in total. The van der Waals surface area contributed by atoms with E-state index in [1.165, 1.54) is 17.7 Å². The van der Waals surface area contributed by atoms with Gasteiger partial charge in [0.1, 0.15) is 17.3 Å². The highest BCUT2D eigenvalue weighted by Crippen LogP contribution is 2.40. The third kappa shape index (κ3) is 4.40. The number of anilines is 1. The van der Waals surface area contributed by atoms with Gasteiger partial charge in [0.25, 0.3) is 0 Å². The van der Waals surface area contributed by atoms with Crippen molar-refractivity contribution in [3.05, 3.63) is 91.2 Å². The fourth-order valence-electron chi connectivity index (χ4n) is 5.81. The van der Waals surface area contributed by atoms with Gasteiger partial charge >= 0.3 is 0 Å². The molecule has 0 unspecified atom stereocenters. The summed E-state index contributed by atoms with van der Waals surface area (Å²) in [5.74, 6) is 0.496. The fraction of sp³-hybridized carbons (Fsp3) is 0.200. The molecular formula is C30H26FN9O. The average molecular weight is 548 g/mol. The number of benzene rings is 1. The van der Waals surface area contributed by atoms with Crippen LogP contribution in [0, 0.1) is 11.2 Å². The highest BCUT2D eigenvalue weighted by Gasteiger charge is 2.52. The Balaban J connectivity index is 1.19. The van der Waals surface area contributed by atoms with E-state index in [0.717, 1.165) is 44.6 Å². The van der Waals surface area contributed by atoms with Crippen molar-refractivity contribution in [3.63, 3.8) is 0 Å². The lowest BCUT2D eigenvalue weighted by atomic mass is 9.72.